The van der Waals surface area contributed by atoms with Gasteiger partial charge in [-0.25, -0.2) is 15.0 Å². The minimum Gasteiger partial charge on any atom is -0.382 e. The first-order chi connectivity index (χ1) is 15.5. The number of fused-ring (bicyclic) bond motifs is 1. The summed E-state index contributed by atoms with van der Waals surface area (Å²) in [6.45, 7) is 1.78. The van der Waals surface area contributed by atoms with Gasteiger partial charge in [-0.3, -0.25) is 0 Å². The number of anilines is 3. The predicted molar refractivity (Wildman–Crippen MR) is 130 cm³/mol. The first-order valence-electron chi connectivity index (χ1n) is 10.8. The van der Waals surface area contributed by atoms with Gasteiger partial charge in [0.25, 0.3) is 0 Å². The number of nitrogens with zero attached hydrogens (tertiary/aromatic N) is 4. The van der Waals surface area contributed by atoms with E-state index < -0.39 is 0 Å². The summed E-state index contributed by atoms with van der Waals surface area (Å²) < 4.78 is 0. The van der Waals surface area contributed by atoms with E-state index in [4.69, 9.17) is 28.8 Å². The van der Waals surface area contributed by atoms with E-state index in [-0.39, 0.29) is 17.3 Å². The fourth-order valence-corrected chi connectivity index (χ4v) is 5.93. The van der Waals surface area contributed by atoms with E-state index in [0.717, 1.165) is 49.5 Å². The standard InChI is InChI=1S/C23H26ClN7S/c24-18-16(6-10-28-20(18)26)32-22-21(27)30-17(13-29-22)31-11-8-23(9-12-31)7-5-14-3-1-2-4-15(14)19(23)25/h1-4,6,10,13,19H,5,7-9,11-12,25H2,(H2,26,28)(H2,27,30). The third kappa shape index (κ3) is 3.76. The van der Waals surface area contributed by atoms with Crippen LogP contribution >= 0.6 is 23.4 Å². The Bertz CT molecular complexity index is 1150. The van der Waals surface area contributed by atoms with Crippen molar-refractivity contribution >= 4 is 40.8 Å². The molecule has 166 valence electrons. The summed E-state index contributed by atoms with van der Waals surface area (Å²) in [6, 6.07) is 10.5. The van der Waals surface area contributed by atoms with E-state index in [9.17, 15) is 0 Å². The molecule has 1 unspecified atom stereocenters. The molecule has 0 bridgehead atoms. The van der Waals surface area contributed by atoms with Gasteiger partial charge in [-0.1, -0.05) is 47.6 Å². The first kappa shape index (κ1) is 21.3. The van der Waals surface area contributed by atoms with Crippen LogP contribution < -0.4 is 22.1 Å². The molecule has 1 atom stereocenters. The molecule has 32 heavy (non-hydrogen) atoms. The highest BCUT2D eigenvalue weighted by atomic mass is 35.5. The van der Waals surface area contributed by atoms with Gasteiger partial charge < -0.3 is 22.1 Å². The van der Waals surface area contributed by atoms with Crippen molar-refractivity contribution in [1.82, 2.24) is 15.0 Å². The lowest BCUT2D eigenvalue weighted by Crippen LogP contribution is -2.48. The van der Waals surface area contributed by atoms with E-state index in [2.05, 4.69) is 44.1 Å². The third-order valence-electron chi connectivity index (χ3n) is 6.86. The summed E-state index contributed by atoms with van der Waals surface area (Å²) in [5.74, 6) is 1.46. The predicted octanol–water partition coefficient (Wildman–Crippen LogP) is 4.07. The second-order valence-corrected chi connectivity index (χ2v) is 9.96. The monoisotopic (exact) mass is 467 g/mol. The van der Waals surface area contributed by atoms with Gasteiger partial charge >= 0.3 is 0 Å². The number of pyridine rings is 1. The minimum absolute atomic E-state index is 0.0853. The van der Waals surface area contributed by atoms with Crippen molar-refractivity contribution in [3.63, 3.8) is 0 Å². The lowest BCUT2D eigenvalue weighted by atomic mass is 9.63. The molecule has 0 radical (unpaired) electrons. The average molecular weight is 468 g/mol. The molecule has 1 fully saturated rings. The molecule has 7 nitrogen and oxygen atoms in total. The highest BCUT2D eigenvalue weighted by molar-refractivity contribution is 7.99. The maximum absolute atomic E-state index is 6.79. The zero-order valence-corrected chi connectivity index (χ0v) is 19.2. The lowest BCUT2D eigenvalue weighted by Gasteiger charge is -2.48. The van der Waals surface area contributed by atoms with Gasteiger partial charge in [-0.05, 0) is 48.3 Å². The van der Waals surface area contributed by atoms with Gasteiger partial charge in [0.1, 0.15) is 16.7 Å². The van der Waals surface area contributed by atoms with Crippen LogP contribution in [-0.2, 0) is 6.42 Å². The highest BCUT2D eigenvalue weighted by Crippen LogP contribution is 2.49. The van der Waals surface area contributed by atoms with E-state index in [1.165, 1.54) is 22.9 Å². The van der Waals surface area contributed by atoms with Crippen molar-refractivity contribution in [2.24, 2.45) is 11.1 Å². The van der Waals surface area contributed by atoms with E-state index in [1.54, 1.807) is 18.5 Å². The molecule has 3 aromatic rings. The summed E-state index contributed by atoms with van der Waals surface area (Å²) in [4.78, 5) is 16.2. The second-order valence-electron chi connectivity index (χ2n) is 8.55. The number of halogens is 1. The van der Waals surface area contributed by atoms with Gasteiger partial charge in [-0.2, -0.15) is 0 Å². The minimum atomic E-state index is 0.0853. The Hall–Kier alpha value is -2.55. The highest BCUT2D eigenvalue weighted by Gasteiger charge is 2.43. The summed E-state index contributed by atoms with van der Waals surface area (Å²) in [7, 11) is 0. The molecule has 1 aliphatic carbocycles. The van der Waals surface area contributed by atoms with Crippen LogP contribution in [0.15, 0.2) is 52.6 Å². The average Bonchev–Trinajstić information content (AvgIpc) is 2.81. The molecule has 1 saturated heterocycles. The Morgan fingerprint density at radius 3 is 2.59 bits per heavy atom. The van der Waals surface area contributed by atoms with Crippen molar-refractivity contribution in [2.45, 2.75) is 41.6 Å². The van der Waals surface area contributed by atoms with Crippen LogP contribution in [0.2, 0.25) is 5.02 Å². The Balaban J connectivity index is 1.29. The van der Waals surface area contributed by atoms with E-state index in [1.807, 2.05) is 0 Å². The van der Waals surface area contributed by atoms with Crippen LogP contribution in [0.5, 0.6) is 0 Å². The summed E-state index contributed by atoms with van der Waals surface area (Å²) in [6.07, 6.45) is 7.70. The Morgan fingerprint density at radius 2 is 1.81 bits per heavy atom. The molecule has 1 spiro atoms. The molecule has 2 aliphatic rings. The number of nitrogen functional groups attached to an aromatic ring is 2. The number of piperidine rings is 1. The number of benzene rings is 1. The maximum atomic E-state index is 6.79. The van der Waals surface area contributed by atoms with Crippen LogP contribution in [0.3, 0.4) is 0 Å². The van der Waals surface area contributed by atoms with Crippen LogP contribution in [0, 0.1) is 5.41 Å². The summed E-state index contributed by atoms with van der Waals surface area (Å²) in [5, 5.41) is 0.995. The molecule has 0 saturated carbocycles. The Labute approximate surface area is 196 Å². The molecule has 1 aromatic carbocycles. The van der Waals surface area contributed by atoms with Gasteiger partial charge in [-0.15, -0.1) is 0 Å². The van der Waals surface area contributed by atoms with Crippen molar-refractivity contribution in [2.75, 3.05) is 29.5 Å². The number of aryl methyl sites for hydroxylation is 1. The summed E-state index contributed by atoms with van der Waals surface area (Å²) in [5.41, 5.74) is 21.7. The normalized spacial score (nSPS) is 19.7. The summed E-state index contributed by atoms with van der Waals surface area (Å²) >= 11 is 7.58. The second kappa shape index (κ2) is 8.42. The zero-order valence-electron chi connectivity index (χ0n) is 17.7. The van der Waals surface area contributed by atoms with Crippen LogP contribution in [0.1, 0.15) is 36.4 Å². The molecular formula is C23H26ClN7S. The SMILES string of the molecule is Nc1nc(N2CCC3(CCc4ccccc4C3N)CC2)cnc1Sc1ccnc(N)c1Cl. The Kier molecular flexibility index (Phi) is 5.61. The van der Waals surface area contributed by atoms with Gasteiger partial charge in [0, 0.05) is 30.2 Å². The fraction of sp³-hybridized carbons (Fsp3) is 0.348. The van der Waals surface area contributed by atoms with Crippen molar-refractivity contribution in [1.29, 1.82) is 0 Å². The largest absolute Gasteiger partial charge is 0.382 e. The molecule has 3 heterocycles. The number of hydrogen-bond donors (Lipinski definition) is 3. The van der Waals surface area contributed by atoms with E-state index >= 15 is 0 Å². The van der Waals surface area contributed by atoms with Crippen molar-refractivity contribution < 1.29 is 0 Å². The van der Waals surface area contributed by atoms with Crippen LogP contribution in [0.25, 0.3) is 0 Å². The zero-order chi connectivity index (χ0) is 22.3. The quantitative estimate of drug-likeness (QED) is 0.527. The van der Waals surface area contributed by atoms with Crippen LogP contribution in [0.4, 0.5) is 17.5 Å². The molecule has 9 heteroatoms. The van der Waals surface area contributed by atoms with Gasteiger partial charge in [0.2, 0.25) is 0 Å². The van der Waals surface area contributed by atoms with Gasteiger partial charge in [0.05, 0.1) is 11.2 Å². The third-order valence-corrected chi connectivity index (χ3v) is 8.44. The molecule has 1 aliphatic heterocycles. The molecular weight excluding hydrogens is 442 g/mol. The number of nitrogens with two attached hydrogens (primary N) is 3. The topological polar surface area (TPSA) is 120 Å². The molecule has 5 rings (SSSR count). The lowest BCUT2D eigenvalue weighted by molar-refractivity contribution is 0.141. The molecule has 2 aromatic heterocycles. The smallest absolute Gasteiger partial charge is 0.158 e. The first-order valence-corrected chi connectivity index (χ1v) is 11.9. The van der Waals surface area contributed by atoms with E-state index in [0.29, 0.717) is 15.9 Å². The van der Waals surface area contributed by atoms with Gasteiger partial charge in [0.15, 0.2) is 5.82 Å². The van der Waals surface area contributed by atoms with Crippen molar-refractivity contribution in [3.05, 3.63) is 58.9 Å². The molecule has 6 N–H and O–H groups in total. The molecule has 0 amide bonds. The number of rotatable bonds is 3. The number of hydrogen-bond acceptors (Lipinski definition) is 8. The fourth-order valence-electron chi connectivity index (χ4n) is 4.91. The Morgan fingerprint density at radius 1 is 1.03 bits per heavy atom. The maximum Gasteiger partial charge on any atom is 0.158 e. The number of aromatic nitrogens is 3. The van der Waals surface area contributed by atoms with Crippen molar-refractivity contribution in [3.8, 4) is 0 Å². The van der Waals surface area contributed by atoms with Crippen LogP contribution in [-0.4, -0.2) is 28.0 Å².